The van der Waals surface area contributed by atoms with Gasteiger partial charge in [0, 0.05) is 30.2 Å². The second-order valence-corrected chi connectivity index (χ2v) is 21.6. The van der Waals surface area contributed by atoms with Gasteiger partial charge in [0.1, 0.15) is 18.6 Å². The van der Waals surface area contributed by atoms with Crippen molar-refractivity contribution < 1.29 is 28.2 Å². The molecule has 0 saturated heterocycles. The van der Waals surface area contributed by atoms with Crippen LogP contribution in [-0.4, -0.2) is 68.0 Å². The van der Waals surface area contributed by atoms with Crippen molar-refractivity contribution in [1.82, 2.24) is 14.5 Å². The fourth-order valence-corrected chi connectivity index (χ4v) is 12.2. The van der Waals surface area contributed by atoms with Gasteiger partial charge in [-0.15, -0.1) is 0 Å². The van der Waals surface area contributed by atoms with Gasteiger partial charge in [-0.25, -0.2) is 4.98 Å². The number of rotatable bonds is 15. The Hall–Kier alpha value is -2.13. The number of nitrogens with zero attached hydrogens (tertiary/aromatic N) is 3. The van der Waals surface area contributed by atoms with Gasteiger partial charge < -0.3 is 32.8 Å². The number of aliphatic hydroxyl groups is 1. The quantitative estimate of drug-likeness (QED) is 0.186. The van der Waals surface area contributed by atoms with Crippen LogP contribution in [0.2, 0.25) is 22.2 Å². The molecule has 9 nitrogen and oxygen atoms in total. The maximum atomic E-state index is 12.0. The summed E-state index contributed by atoms with van der Waals surface area (Å²) in [6, 6.07) is 10.0. The van der Waals surface area contributed by atoms with Crippen LogP contribution in [0.1, 0.15) is 78.9 Å². The molecule has 2 heterocycles. The van der Waals surface area contributed by atoms with Crippen LogP contribution in [0, 0.1) is 5.92 Å². The highest BCUT2D eigenvalue weighted by Crippen LogP contribution is 2.46. The van der Waals surface area contributed by atoms with Crippen molar-refractivity contribution in [2.24, 2.45) is 5.92 Å². The number of methoxy groups -OCH3 is 1. The molecule has 244 valence electrons. The lowest BCUT2D eigenvalue weighted by Gasteiger charge is -2.38. The monoisotopic (exact) mass is 643 g/mol. The molecule has 4 atom stereocenters. The Labute approximate surface area is 265 Å². The summed E-state index contributed by atoms with van der Waals surface area (Å²) in [5, 5.41) is 12.0. The third kappa shape index (κ3) is 7.46. The first-order valence-electron chi connectivity index (χ1n) is 16.1. The van der Waals surface area contributed by atoms with Crippen molar-refractivity contribution in [1.29, 1.82) is 0 Å². The molecule has 3 aromatic rings. The molecule has 0 amide bonds. The Morgan fingerprint density at radius 2 is 1.66 bits per heavy atom. The predicted molar refractivity (Wildman–Crippen MR) is 179 cm³/mol. The molecular weight excluding hydrogens is 591 g/mol. The van der Waals surface area contributed by atoms with Gasteiger partial charge >= 0.3 is 8.56 Å². The summed E-state index contributed by atoms with van der Waals surface area (Å²) >= 11 is 0. The van der Waals surface area contributed by atoms with E-state index in [-0.39, 0.29) is 29.6 Å². The summed E-state index contributed by atoms with van der Waals surface area (Å²) in [4.78, 5) is 20.9. The van der Waals surface area contributed by atoms with E-state index in [0.717, 1.165) is 22.2 Å². The third-order valence-electron chi connectivity index (χ3n) is 9.15. The van der Waals surface area contributed by atoms with Crippen LogP contribution in [-0.2, 0) is 26.9 Å². The summed E-state index contributed by atoms with van der Waals surface area (Å²) in [6.45, 7) is 18.3. The fourth-order valence-electron chi connectivity index (χ4n) is 6.78. The molecular formula is C33H53N3O6Si2. The maximum absolute atomic E-state index is 12.0. The van der Waals surface area contributed by atoms with E-state index in [4.69, 9.17) is 18.3 Å². The molecule has 1 aliphatic rings. The number of fused-ring (bicyclic) bond motifs is 1. The van der Waals surface area contributed by atoms with Gasteiger partial charge in [0.25, 0.3) is 0 Å². The van der Waals surface area contributed by atoms with Crippen LogP contribution in [0.25, 0.3) is 11.0 Å². The molecule has 0 radical (unpaired) electrons. The Morgan fingerprint density at radius 3 is 2.25 bits per heavy atom. The van der Waals surface area contributed by atoms with E-state index in [2.05, 4.69) is 37.7 Å². The van der Waals surface area contributed by atoms with Crippen LogP contribution in [0.5, 0.6) is 5.88 Å². The Morgan fingerprint density at radius 1 is 1.00 bits per heavy atom. The molecule has 0 spiro atoms. The minimum Gasteiger partial charge on any atom is -0.479 e. The van der Waals surface area contributed by atoms with E-state index in [1.165, 1.54) is 6.33 Å². The van der Waals surface area contributed by atoms with E-state index in [1.54, 1.807) is 7.11 Å². The number of hydrogen-bond donors (Lipinski definition) is 2. The first-order chi connectivity index (χ1) is 20.9. The van der Waals surface area contributed by atoms with Crippen molar-refractivity contribution in [2.75, 3.05) is 13.7 Å². The fraction of sp³-hybridized carbons (Fsp3) is 0.636. The van der Waals surface area contributed by atoms with Crippen molar-refractivity contribution >= 4 is 28.6 Å². The average Bonchev–Trinajstić information content (AvgIpc) is 3.50. The zero-order chi connectivity index (χ0) is 32.2. The van der Waals surface area contributed by atoms with Crippen molar-refractivity contribution in [3.05, 3.63) is 54.0 Å². The van der Waals surface area contributed by atoms with Gasteiger partial charge in [0.15, 0.2) is 9.04 Å². The molecule has 1 aliphatic carbocycles. The summed E-state index contributed by atoms with van der Waals surface area (Å²) in [5.41, 5.74) is 4.37. The van der Waals surface area contributed by atoms with Crippen LogP contribution < -0.4 is 4.74 Å². The summed E-state index contributed by atoms with van der Waals surface area (Å²) in [7, 11) is -3.08. The normalized spacial score (nSPS) is 21.2. The molecule has 1 aromatic carbocycles. The lowest BCUT2D eigenvalue weighted by Crippen LogP contribution is -2.51. The molecule has 0 aliphatic heterocycles. The number of benzene rings is 1. The van der Waals surface area contributed by atoms with E-state index in [1.807, 2.05) is 68.8 Å². The molecule has 44 heavy (non-hydrogen) atoms. The number of ether oxygens (including phenoxy) is 2. The minimum absolute atomic E-state index is 0.0237. The average molecular weight is 644 g/mol. The SMILES string of the molecule is COc1ncnc2c([C@@H]3C[C@H](CO[SiH](C(C)C)C(C)C)[C@@H](O[Si](O)(C(C)C)C(C)C)[C@H]3O)cn(COCc3ccccc3)c12. The molecule has 1 fully saturated rings. The lowest BCUT2D eigenvalue weighted by atomic mass is 9.96. The highest BCUT2D eigenvalue weighted by atomic mass is 28.4. The Balaban J connectivity index is 1.69. The van der Waals surface area contributed by atoms with Gasteiger partial charge in [-0.3, -0.25) is 0 Å². The van der Waals surface area contributed by atoms with Crippen LogP contribution in [0.3, 0.4) is 0 Å². The first kappa shape index (κ1) is 34.7. The molecule has 2 aromatic heterocycles. The lowest BCUT2D eigenvalue weighted by molar-refractivity contribution is -0.00260. The topological polar surface area (TPSA) is 108 Å². The van der Waals surface area contributed by atoms with Crippen LogP contribution in [0.15, 0.2) is 42.9 Å². The molecule has 1 saturated carbocycles. The van der Waals surface area contributed by atoms with Gasteiger partial charge in [-0.2, -0.15) is 4.98 Å². The Kier molecular flexibility index (Phi) is 11.8. The zero-order valence-electron chi connectivity index (χ0n) is 27.9. The minimum atomic E-state index is -3.17. The molecule has 0 bridgehead atoms. The predicted octanol–water partition coefficient (Wildman–Crippen LogP) is 6.28. The van der Waals surface area contributed by atoms with E-state index < -0.39 is 29.8 Å². The summed E-state index contributed by atoms with van der Waals surface area (Å²) in [5.74, 6) is 0.103. The van der Waals surface area contributed by atoms with Crippen molar-refractivity contribution in [3.8, 4) is 5.88 Å². The summed E-state index contributed by atoms with van der Waals surface area (Å²) < 4.78 is 27.1. The van der Waals surface area contributed by atoms with Gasteiger partial charge in [0.05, 0.1) is 31.4 Å². The molecule has 0 unspecified atom stereocenters. The highest BCUT2D eigenvalue weighted by molar-refractivity contribution is 6.68. The van der Waals surface area contributed by atoms with E-state index in [0.29, 0.717) is 36.6 Å². The van der Waals surface area contributed by atoms with Gasteiger partial charge in [-0.1, -0.05) is 85.7 Å². The highest BCUT2D eigenvalue weighted by Gasteiger charge is 2.52. The largest absolute Gasteiger partial charge is 0.479 e. The maximum Gasteiger partial charge on any atom is 0.341 e. The van der Waals surface area contributed by atoms with Crippen molar-refractivity contribution in [3.63, 3.8) is 0 Å². The zero-order valence-corrected chi connectivity index (χ0v) is 30.1. The van der Waals surface area contributed by atoms with Crippen molar-refractivity contribution in [2.45, 2.75) is 115 Å². The molecule has 11 heteroatoms. The van der Waals surface area contributed by atoms with Crippen LogP contribution in [0.4, 0.5) is 0 Å². The van der Waals surface area contributed by atoms with E-state index in [9.17, 15) is 9.90 Å². The second kappa shape index (κ2) is 15.0. The van der Waals surface area contributed by atoms with Crippen LogP contribution >= 0.6 is 0 Å². The molecule has 2 N–H and O–H groups in total. The number of hydrogen-bond acceptors (Lipinski definition) is 8. The van der Waals surface area contributed by atoms with Gasteiger partial charge in [0.2, 0.25) is 5.88 Å². The summed E-state index contributed by atoms with van der Waals surface area (Å²) in [6.07, 6.45) is 2.77. The number of aromatic nitrogens is 3. The first-order valence-corrected chi connectivity index (χ1v) is 19.9. The Bertz CT molecular complexity index is 1320. The molecule has 4 rings (SSSR count). The number of aliphatic hydroxyl groups excluding tert-OH is 1. The smallest absolute Gasteiger partial charge is 0.341 e. The third-order valence-corrected chi connectivity index (χ3v) is 16.3. The standard InChI is InChI=1S/C33H53N3O6Si2/c1-21(2)43(22(3)4)41-18-26-15-27(31(37)32(26)42-44(38,23(5)6)24(7)8)28-16-36(20-40-17-25-13-11-10-12-14-25)30-29(28)34-19-35-33(30)39-9/h10-14,16,19,21-24,26-27,31-32,37-38,43H,15,17-18,20H2,1-9H3/t26-,27+,31+,32-/m1/s1. The van der Waals surface area contributed by atoms with E-state index >= 15 is 0 Å². The second-order valence-electron chi connectivity index (χ2n) is 13.6. The van der Waals surface area contributed by atoms with Gasteiger partial charge in [-0.05, 0) is 34.1 Å².